The number of nitrogens with zero attached hydrogens (tertiary/aromatic N) is 3. The van der Waals surface area contributed by atoms with E-state index in [1.807, 2.05) is 17.9 Å². The molecular weight excluding hydrogens is 332 g/mol. The molecule has 2 aliphatic rings. The van der Waals surface area contributed by atoms with Crippen LogP contribution in [0.1, 0.15) is 29.0 Å². The van der Waals surface area contributed by atoms with Crippen molar-refractivity contribution in [2.75, 3.05) is 31.5 Å². The van der Waals surface area contributed by atoms with Gasteiger partial charge in [0, 0.05) is 43.5 Å². The molecular formula is C19H24N4OS. The number of benzene rings is 1. The number of carbonyl (C=O) groups excluding carboxylic acids is 1. The summed E-state index contributed by atoms with van der Waals surface area (Å²) in [5.74, 6) is 0. The summed E-state index contributed by atoms with van der Waals surface area (Å²) in [6, 6.07) is 11.1. The zero-order valence-electron chi connectivity index (χ0n) is 14.6. The number of hydrogen-bond donors (Lipinski definition) is 1. The molecule has 0 unspecified atom stereocenters. The second-order valence-corrected chi connectivity index (χ2v) is 7.96. The van der Waals surface area contributed by atoms with Gasteiger partial charge < -0.3 is 4.90 Å². The molecule has 0 radical (unpaired) electrons. The van der Waals surface area contributed by atoms with Gasteiger partial charge >= 0.3 is 6.03 Å². The lowest BCUT2D eigenvalue weighted by atomic mass is 10.1. The molecule has 1 saturated heterocycles. The first-order valence-corrected chi connectivity index (χ1v) is 9.81. The number of urea groups is 1. The number of carbonyl (C=O) groups is 1. The Hall–Kier alpha value is -1.92. The molecule has 0 spiro atoms. The number of thiazole rings is 1. The molecule has 132 valence electrons. The quantitative estimate of drug-likeness (QED) is 0.914. The van der Waals surface area contributed by atoms with E-state index in [1.54, 1.807) is 11.3 Å². The molecule has 2 amide bonds. The molecule has 1 aromatic carbocycles. The van der Waals surface area contributed by atoms with Crippen LogP contribution in [0.25, 0.3) is 0 Å². The molecule has 1 aliphatic carbocycles. The zero-order chi connectivity index (χ0) is 17.2. The fourth-order valence-electron chi connectivity index (χ4n) is 3.33. The normalized spacial score (nSPS) is 18.4. The fourth-order valence-corrected chi connectivity index (χ4v) is 4.31. The summed E-state index contributed by atoms with van der Waals surface area (Å²) < 4.78 is 0. The highest BCUT2D eigenvalue weighted by atomic mass is 32.1. The van der Waals surface area contributed by atoms with Crippen molar-refractivity contribution in [1.29, 1.82) is 0 Å². The van der Waals surface area contributed by atoms with Crippen LogP contribution in [0.2, 0.25) is 0 Å². The van der Waals surface area contributed by atoms with Gasteiger partial charge in [0.05, 0.1) is 5.69 Å². The smallest absolute Gasteiger partial charge is 0.322 e. The third-order valence-electron chi connectivity index (χ3n) is 4.98. The molecule has 2 heterocycles. The maximum atomic E-state index is 12.5. The minimum atomic E-state index is -0.0181. The number of amides is 2. The van der Waals surface area contributed by atoms with Gasteiger partial charge in [0.15, 0.2) is 5.13 Å². The van der Waals surface area contributed by atoms with E-state index in [-0.39, 0.29) is 6.03 Å². The highest BCUT2D eigenvalue weighted by molar-refractivity contribution is 7.15. The average molecular weight is 356 g/mol. The Bertz CT molecular complexity index is 733. The van der Waals surface area contributed by atoms with E-state index >= 15 is 0 Å². The van der Waals surface area contributed by atoms with E-state index in [4.69, 9.17) is 0 Å². The third kappa shape index (κ3) is 4.02. The molecule has 5 nitrogen and oxygen atoms in total. The van der Waals surface area contributed by atoms with Crippen molar-refractivity contribution in [3.05, 3.63) is 46.5 Å². The van der Waals surface area contributed by atoms with Crippen molar-refractivity contribution in [3.8, 4) is 0 Å². The van der Waals surface area contributed by atoms with Crippen LogP contribution in [-0.2, 0) is 6.42 Å². The lowest BCUT2D eigenvalue weighted by Gasteiger charge is -2.34. The topological polar surface area (TPSA) is 48.5 Å². The highest BCUT2D eigenvalue weighted by Gasteiger charge is 2.32. The van der Waals surface area contributed by atoms with Gasteiger partial charge in [0.25, 0.3) is 0 Å². The number of nitrogens with one attached hydrogen (secondary N) is 1. The minimum absolute atomic E-state index is 0.0181. The van der Waals surface area contributed by atoms with Crippen LogP contribution in [0.3, 0.4) is 0 Å². The summed E-state index contributed by atoms with van der Waals surface area (Å²) in [5.41, 5.74) is 2.27. The first-order valence-electron chi connectivity index (χ1n) is 8.99. The number of aromatic nitrogens is 1. The number of hydrogen-bond acceptors (Lipinski definition) is 4. The first kappa shape index (κ1) is 16.5. The minimum Gasteiger partial charge on any atom is -0.322 e. The average Bonchev–Trinajstić information content (AvgIpc) is 3.42. The van der Waals surface area contributed by atoms with Crippen molar-refractivity contribution < 1.29 is 4.79 Å². The van der Waals surface area contributed by atoms with Gasteiger partial charge in [0.1, 0.15) is 0 Å². The molecule has 2 fully saturated rings. The predicted molar refractivity (Wildman–Crippen MR) is 101 cm³/mol. The number of anilines is 1. The molecule has 1 aromatic heterocycles. The number of aryl methyl sites for hydroxylation is 1. The van der Waals surface area contributed by atoms with Gasteiger partial charge in [-0.25, -0.2) is 9.78 Å². The third-order valence-corrected chi connectivity index (χ3v) is 6.05. The van der Waals surface area contributed by atoms with E-state index in [9.17, 15) is 4.79 Å². The van der Waals surface area contributed by atoms with E-state index in [0.717, 1.165) is 44.3 Å². The molecule has 1 saturated carbocycles. The zero-order valence-corrected chi connectivity index (χ0v) is 15.4. The van der Waals surface area contributed by atoms with Gasteiger partial charge in [-0.3, -0.25) is 10.2 Å². The summed E-state index contributed by atoms with van der Waals surface area (Å²) in [4.78, 5) is 22.7. The predicted octanol–water partition coefficient (Wildman–Crippen LogP) is 3.35. The van der Waals surface area contributed by atoms with Crippen LogP contribution in [-0.4, -0.2) is 53.0 Å². The second-order valence-electron chi connectivity index (χ2n) is 6.87. The maximum Gasteiger partial charge on any atom is 0.323 e. The standard InChI is InChI=1S/C19H24N4OS/c1-14-17(13-15-5-3-2-4-6-15)25-18(20-14)21-19(24)23-11-9-22(10-12-23)16-7-8-16/h2-6,16H,7-13H2,1H3,(H,20,21,24). The van der Waals surface area contributed by atoms with Crippen molar-refractivity contribution >= 4 is 22.5 Å². The van der Waals surface area contributed by atoms with Gasteiger partial charge in [-0.05, 0) is 25.3 Å². The second kappa shape index (κ2) is 7.14. The first-order chi connectivity index (χ1) is 12.2. The molecule has 1 aliphatic heterocycles. The van der Waals surface area contributed by atoms with Gasteiger partial charge in [-0.15, -0.1) is 11.3 Å². The van der Waals surface area contributed by atoms with Crippen LogP contribution in [0.4, 0.5) is 9.93 Å². The molecule has 0 bridgehead atoms. The highest BCUT2D eigenvalue weighted by Crippen LogP contribution is 2.28. The van der Waals surface area contributed by atoms with Gasteiger partial charge in [-0.2, -0.15) is 0 Å². The van der Waals surface area contributed by atoms with Crippen molar-refractivity contribution in [2.24, 2.45) is 0 Å². The van der Waals surface area contributed by atoms with Gasteiger partial charge in [-0.1, -0.05) is 30.3 Å². The van der Waals surface area contributed by atoms with Crippen LogP contribution < -0.4 is 5.32 Å². The molecule has 25 heavy (non-hydrogen) atoms. The Balaban J connectivity index is 1.34. The van der Waals surface area contributed by atoms with E-state index in [0.29, 0.717) is 5.13 Å². The summed E-state index contributed by atoms with van der Waals surface area (Å²) in [7, 11) is 0. The van der Waals surface area contributed by atoms with Gasteiger partial charge in [0.2, 0.25) is 0 Å². The maximum absolute atomic E-state index is 12.5. The van der Waals surface area contributed by atoms with Crippen LogP contribution >= 0.6 is 11.3 Å². The fraction of sp³-hybridized carbons (Fsp3) is 0.474. The van der Waals surface area contributed by atoms with Crippen molar-refractivity contribution in [3.63, 3.8) is 0 Å². The lowest BCUT2D eigenvalue weighted by molar-refractivity contribution is 0.142. The molecule has 0 atom stereocenters. The summed E-state index contributed by atoms with van der Waals surface area (Å²) in [5, 5.41) is 3.70. The summed E-state index contributed by atoms with van der Waals surface area (Å²) >= 11 is 1.58. The Morgan fingerprint density at radius 2 is 1.92 bits per heavy atom. The summed E-state index contributed by atoms with van der Waals surface area (Å²) in [6.45, 7) is 5.62. The van der Waals surface area contributed by atoms with Crippen LogP contribution in [0, 0.1) is 6.92 Å². The lowest BCUT2D eigenvalue weighted by Crippen LogP contribution is -2.50. The van der Waals surface area contributed by atoms with E-state index in [1.165, 1.54) is 23.3 Å². The van der Waals surface area contributed by atoms with Crippen molar-refractivity contribution in [2.45, 2.75) is 32.2 Å². The molecule has 1 N–H and O–H groups in total. The van der Waals surface area contributed by atoms with E-state index < -0.39 is 0 Å². The largest absolute Gasteiger partial charge is 0.323 e. The molecule has 2 aromatic rings. The monoisotopic (exact) mass is 356 g/mol. The number of rotatable bonds is 4. The molecule has 6 heteroatoms. The summed E-state index contributed by atoms with van der Waals surface area (Å²) in [6.07, 6.45) is 3.52. The van der Waals surface area contributed by atoms with E-state index in [2.05, 4.69) is 39.5 Å². The Morgan fingerprint density at radius 3 is 2.60 bits per heavy atom. The van der Waals surface area contributed by atoms with Crippen LogP contribution in [0.15, 0.2) is 30.3 Å². The Kier molecular flexibility index (Phi) is 4.72. The van der Waals surface area contributed by atoms with Crippen LogP contribution in [0.5, 0.6) is 0 Å². The SMILES string of the molecule is Cc1nc(NC(=O)N2CCN(C3CC3)CC2)sc1Cc1ccccc1. The van der Waals surface area contributed by atoms with Crippen molar-refractivity contribution in [1.82, 2.24) is 14.8 Å². The Labute approximate surface area is 152 Å². The molecule has 4 rings (SSSR count). The number of piperazine rings is 1. The Morgan fingerprint density at radius 1 is 1.20 bits per heavy atom.